The van der Waals surface area contributed by atoms with Gasteiger partial charge in [-0.05, 0) is 31.6 Å². The number of hydrogen-bond donors (Lipinski definition) is 1. The molecule has 1 heterocycles. The van der Waals surface area contributed by atoms with Crippen LogP contribution in [0, 0.1) is 11.8 Å². The lowest BCUT2D eigenvalue weighted by Gasteiger charge is -2.43. The minimum Gasteiger partial charge on any atom is -0.323 e. The Balaban J connectivity index is 2.08. The molecule has 2 aliphatic rings. The van der Waals surface area contributed by atoms with E-state index in [-0.39, 0.29) is 12.2 Å². The van der Waals surface area contributed by atoms with Gasteiger partial charge < -0.3 is 4.90 Å². The summed E-state index contributed by atoms with van der Waals surface area (Å²) >= 11 is 0. The molecule has 0 aromatic rings. The van der Waals surface area contributed by atoms with Crippen molar-refractivity contribution >= 4 is 5.91 Å². The zero-order valence-electron chi connectivity index (χ0n) is 10.2. The number of carbonyl (C=O) groups excluding carboxylic acids is 1. The van der Waals surface area contributed by atoms with Gasteiger partial charge in [0.05, 0.1) is 12.2 Å². The summed E-state index contributed by atoms with van der Waals surface area (Å²) in [6.45, 7) is 8.59. The first-order valence-corrected chi connectivity index (χ1v) is 6.09. The summed E-state index contributed by atoms with van der Waals surface area (Å²) in [5, 5.41) is 3.39. The van der Waals surface area contributed by atoms with Gasteiger partial charge in [0.25, 0.3) is 0 Å². The average molecular weight is 210 g/mol. The number of hydrogen-bond acceptors (Lipinski definition) is 2. The molecule has 0 spiro atoms. The summed E-state index contributed by atoms with van der Waals surface area (Å²) in [5.41, 5.74) is 0. The molecule has 86 valence electrons. The molecule has 3 nitrogen and oxygen atoms in total. The van der Waals surface area contributed by atoms with Gasteiger partial charge in [0.1, 0.15) is 0 Å². The summed E-state index contributed by atoms with van der Waals surface area (Å²) in [7, 11) is 0. The minimum atomic E-state index is 0.00769. The van der Waals surface area contributed by atoms with Gasteiger partial charge in [0.2, 0.25) is 5.91 Å². The molecule has 1 aliphatic heterocycles. The Bertz CT molecular complexity index is 258. The highest BCUT2D eigenvalue weighted by molar-refractivity contribution is 5.84. The van der Waals surface area contributed by atoms with Crippen LogP contribution in [0.15, 0.2) is 0 Å². The first-order valence-electron chi connectivity index (χ1n) is 6.09. The van der Waals surface area contributed by atoms with Crippen LogP contribution in [-0.2, 0) is 4.79 Å². The van der Waals surface area contributed by atoms with Crippen LogP contribution in [0.1, 0.15) is 40.5 Å². The molecule has 0 bridgehead atoms. The molecular weight excluding hydrogens is 188 g/mol. The van der Waals surface area contributed by atoms with Gasteiger partial charge in [-0.3, -0.25) is 10.1 Å². The SMILES string of the molecule is CC1CC(N2C(=O)C(C)NC2C(C)C)C1. The van der Waals surface area contributed by atoms with E-state index < -0.39 is 0 Å². The highest BCUT2D eigenvalue weighted by Crippen LogP contribution is 2.35. The summed E-state index contributed by atoms with van der Waals surface area (Å²) in [5.74, 6) is 1.59. The van der Waals surface area contributed by atoms with E-state index in [1.165, 1.54) is 12.8 Å². The van der Waals surface area contributed by atoms with E-state index >= 15 is 0 Å². The van der Waals surface area contributed by atoms with Gasteiger partial charge in [0, 0.05) is 6.04 Å². The smallest absolute Gasteiger partial charge is 0.240 e. The van der Waals surface area contributed by atoms with Crippen molar-refractivity contribution in [1.29, 1.82) is 0 Å². The lowest BCUT2D eigenvalue weighted by Crippen LogP contribution is -2.52. The van der Waals surface area contributed by atoms with Crippen LogP contribution in [0.25, 0.3) is 0 Å². The third-order valence-corrected chi connectivity index (χ3v) is 3.72. The van der Waals surface area contributed by atoms with Gasteiger partial charge in [0.15, 0.2) is 0 Å². The van der Waals surface area contributed by atoms with Crippen molar-refractivity contribution in [1.82, 2.24) is 10.2 Å². The van der Waals surface area contributed by atoms with E-state index in [0.717, 1.165) is 5.92 Å². The molecule has 15 heavy (non-hydrogen) atoms. The number of nitrogens with one attached hydrogen (secondary N) is 1. The molecule has 1 amide bonds. The van der Waals surface area contributed by atoms with E-state index in [1.807, 2.05) is 6.92 Å². The van der Waals surface area contributed by atoms with Gasteiger partial charge in [-0.1, -0.05) is 20.8 Å². The van der Waals surface area contributed by atoms with Crippen LogP contribution < -0.4 is 5.32 Å². The average Bonchev–Trinajstić information content (AvgIpc) is 2.39. The quantitative estimate of drug-likeness (QED) is 0.750. The highest BCUT2D eigenvalue weighted by Gasteiger charge is 2.44. The molecular formula is C12H22N2O. The predicted octanol–water partition coefficient (Wildman–Crippen LogP) is 1.59. The Hall–Kier alpha value is -0.570. The monoisotopic (exact) mass is 210 g/mol. The van der Waals surface area contributed by atoms with Crippen LogP contribution in [0.2, 0.25) is 0 Å². The fourth-order valence-corrected chi connectivity index (χ4v) is 2.78. The summed E-state index contributed by atoms with van der Waals surface area (Å²) < 4.78 is 0. The second-order valence-electron chi connectivity index (χ2n) is 5.55. The molecule has 2 fully saturated rings. The maximum atomic E-state index is 12.0. The molecule has 2 unspecified atom stereocenters. The Morgan fingerprint density at radius 3 is 2.40 bits per heavy atom. The number of carbonyl (C=O) groups is 1. The van der Waals surface area contributed by atoms with Crippen molar-refractivity contribution in [2.24, 2.45) is 11.8 Å². The van der Waals surface area contributed by atoms with Crippen LogP contribution in [0.5, 0.6) is 0 Å². The molecule has 2 atom stereocenters. The van der Waals surface area contributed by atoms with E-state index in [9.17, 15) is 4.79 Å². The number of nitrogens with zero attached hydrogens (tertiary/aromatic N) is 1. The maximum Gasteiger partial charge on any atom is 0.240 e. The minimum absolute atomic E-state index is 0.00769. The van der Waals surface area contributed by atoms with Crippen molar-refractivity contribution in [2.45, 2.75) is 58.8 Å². The molecule has 1 saturated heterocycles. The third kappa shape index (κ3) is 1.78. The summed E-state index contributed by atoms with van der Waals surface area (Å²) in [6.07, 6.45) is 2.62. The van der Waals surface area contributed by atoms with Gasteiger partial charge in [-0.15, -0.1) is 0 Å². The fourth-order valence-electron chi connectivity index (χ4n) is 2.78. The summed E-state index contributed by atoms with van der Waals surface area (Å²) in [4.78, 5) is 14.1. The standard InChI is InChI=1S/C12H22N2O/c1-7(2)11-13-9(4)12(15)14(11)10-5-8(3)6-10/h7-11,13H,5-6H2,1-4H3. The van der Waals surface area contributed by atoms with E-state index in [0.29, 0.717) is 17.9 Å². The molecule has 1 N–H and O–H groups in total. The van der Waals surface area contributed by atoms with Gasteiger partial charge in [-0.25, -0.2) is 0 Å². The van der Waals surface area contributed by atoms with Crippen LogP contribution in [0.3, 0.4) is 0 Å². The normalized spacial score (nSPS) is 41.1. The van der Waals surface area contributed by atoms with Crippen molar-refractivity contribution in [3.63, 3.8) is 0 Å². The second-order valence-corrected chi connectivity index (χ2v) is 5.55. The molecule has 0 radical (unpaired) electrons. The Morgan fingerprint density at radius 2 is 1.93 bits per heavy atom. The fraction of sp³-hybridized carbons (Fsp3) is 0.917. The molecule has 3 heteroatoms. The van der Waals surface area contributed by atoms with Crippen LogP contribution in [-0.4, -0.2) is 29.1 Å². The predicted molar refractivity (Wildman–Crippen MR) is 60.3 cm³/mol. The van der Waals surface area contributed by atoms with Gasteiger partial charge >= 0.3 is 0 Å². The first kappa shape index (κ1) is 10.9. The number of amides is 1. The zero-order chi connectivity index (χ0) is 11.2. The molecule has 0 aromatic carbocycles. The third-order valence-electron chi connectivity index (χ3n) is 3.72. The van der Waals surface area contributed by atoms with Crippen molar-refractivity contribution < 1.29 is 4.79 Å². The van der Waals surface area contributed by atoms with Crippen LogP contribution in [0.4, 0.5) is 0 Å². The zero-order valence-corrected chi connectivity index (χ0v) is 10.2. The van der Waals surface area contributed by atoms with Crippen molar-refractivity contribution in [2.75, 3.05) is 0 Å². The van der Waals surface area contributed by atoms with Crippen molar-refractivity contribution in [3.8, 4) is 0 Å². The second kappa shape index (κ2) is 3.78. The lowest BCUT2D eigenvalue weighted by atomic mass is 9.80. The van der Waals surface area contributed by atoms with Crippen LogP contribution >= 0.6 is 0 Å². The molecule has 1 aliphatic carbocycles. The Kier molecular flexibility index (Phi) is 2.75. The molecule has 2 rings (SSSR count). The highest BCUT2D eigenvalue weighted by atomic mass is 16.2. The number of rotatable bonds is 2. The van der Waals surface area contributed by atoms with Gasteiger partial charge in [-0.2, -0.15) is 0 Å². The topological polar surface area (TPSA) is 32.3 Å². The Morgan fingerprint density at radius 1 is 1.33 bits per heavy atom. The first-order chi connectivity index (χ1) is 7.00. The lowest BCUT2D eigenvalue weighted by molar-refractivity contribution is -0.135. The summed E-state index contributed by atoms with van der Waals surface area (Å²) in [6, 6.07) is 0.505. The van der Waals surface area contributed by atoms with E-state index in [1.54, 1.807) is 0 Å². The van der Waals surface area contributed by atoms with E-state index in [2.05, 4.69) is 31.0 Å². The van der Waals surface area contributed by atoms with E-state index in [4.69, 9.17) is 0 Å². The largest absolute Gasteiger partial charge is 0.323 e. The molecule has 1 saturated carbocycles. The molecule has 0 aromatic heterocycles. The maximum absolute atomic E-state index is 12.0. The van der Waals surface area contributed by atoms with Crippen molar-refractivity contribution in [3.05, 3.63) is 0 Å². The Labute approximate surface area is 92.2 Å².